The van der Waals surface area contributed by atoms with Crippen molar-refractivity contribution in [1.82, 2.24) is 4.90 Å². The average Bonchev–Trinajstić information content (AvgIpc) is 2.52. The van der Waals surface area contributed by atoms with E-state index in [1.54, 1.807) is 18.2 Å². The van der Waals surface area contributed by atoms with Gasteiger partial charge in [0.05, 0.1) is 6.04 Å². The Kier molecular flexibility index (Phi) is 3.87. The first-order valence-electron chi connectivity index (χ1n) is 7.11. The van der Waals surface area contributed by atoms with Gasteiger partial charge in [0.25, 0.3) is 0 Å². The average molecular weight is 299 g/mol. The highest BCUT2D eigenvalue weighted by Crippen LogP contribution is 2.30. The van der Waals surface area contributed by atoms with E-state index in [0.717, 1.165) is 11.1 Å². The first-order chi connectivity index (χ1) is 10.6. The van der Waals surface area contributed by atoms with Gasteiger partial charge in [-0.25, -0.2) is 4.79 Å². The van der Waals surface area contributed by atoms with Crippen molar-refractivity contribution in [3.8, 4) is 11.5 Å². The van der Waals surface area contributed by atoms with Crippen molar-refractivity contribution in [3.05, 3.63) is 59.7 Å². The molecule has 1 heterocycles. The molecule has 2 aromatic rings. The van der Waals surface area contributed by atoms with Crippen molar-refractivity contribution in [2.24, 2.45) is 0 Å². The van der Waals surface area contributed by atoms with Gasteiger partial charge in [0.15, 0.2) is 0 Å². The summed E-state index contributed by atoms with van der Waals surface area (Å²) >= 11 is 0. The van der Waals surface area contributed by atoms with E-state index < -0.39 is 6.09 Å². The predicted molar refractivity (Wildman–Crippen MR) is 81.1 cm³/mol. The molecule has 2 aromatic carbocycles. The molecule has 0 aliphatic carbocycles. The number of phenolic OH excluding ortho intramolecular Hbond substituents is 1. The van der Waals surface area contributed by atoms with Gasteiger partial charge in [-0.1, -0.05) is 30.3 Å². The fourth-order valence-electron chi connectivity index (χ4n) is 2.70. The highest BCUT2D eigenvalue weighted by atomic mass is 16.5. The molecule has 1 atom stereocenters. The molecule has 5 nitrogen and oxygen atoms in total. The third kappa shape index (κ3) is 2.98. The second-order valence-corrected chi connectivity index (χ2v) is 5.36. The molecule has 1 amide bonds. The Hall–Kier alpha value is -2.69. The van der Waals surface area contributed by atoms with Gasteiger partial charge >= 0.3 is 6.09 Å². The Balaban J connectivity index is 1.80. The Morgan fingerprint density at radius 2 is 2.00 bits per heavy atom. The predicted octanol–water partition coefficient (Wildman–Crippen LogP) is 2.88. The van der Waals surface area contributed by atoms with Crippen LogP contribution in [0.25, 0.3) is 0 Å². The Morgan fingerprint density at radius 1 is 1.23 bits per heavy atom. The van der Waals surface area contributed by atoms with Gasteiger partial charge in [-0.15, -0.1) is 0 Å². The lowest BCUT2D eigenvalue weighted by molar-refractivity contribution is 0.0915. The lowest BCUT2D eigenvalue weighted by Gasteiger charge is -2.33. The van der Waals surface area contributed by atoms with Crippen LogP contribution in [0.4, 0.5) is 4.79 Å². The molecular formula is C17H17NO4. The zero-order valence-corrected chi connectivity index (χ0v) is 12.0. The maximum absolute atomic E-state index is 11.6. The molecule has 3 rings (SSSR count). The molecule has 0 fully saturated rings. The number of phenols is 1. The summed E-state index contributed by atoms with van der Waals surface area (Å²) in [5, 5.41) is 19.1. The summed E-state index contributed by atoms with van der Waals surface area (Å²) in [5.41, 5.74) is 1.77. The third-order valence-corrected chi connectivity index (χ3v) is 3.81. The highest BCUT2D eigenvalue weighted by Gasteiger charge is 2.29. The third-order valence-electron chi connectivity index (χ3n) is 3.81. The van der Waals surface area contributed by atoms with Crippen LogP contribution in [0.5, 0.6) is 11.5 Å². The number of hydrogen-bond acceptors (Lipinski definition) is 3. The molecular weight excluding hydrogens is 282 g/mol. The van der Waals surface area contributed by atoms with Crippen LogP contribution in [-0.4, -0.2) is 33.9 Å². The summed E-state index contributed by atoms with van der Waals surface area (Å²) in [7, 11) is 0. The van der Waals surface area contributed by atoms with E-state index in [2.05, 4.69) is 0 Å². The lowest BCUT2D eigenvalue weighted by Crippen LogP contribution is -2.45. The summed E-state index contributed by atoms with van der Waals surface area (Å²) < 4.78 is 5.64. The fraction of sp³-hybridized carbons (Fsp3) is 0.235. The number of rotatable bonds is 3. The van der Waals surface area contributed by atoms with Crippen molar-refractivity contribution in [2.75, 3.05) is 6.61 Å². The summed E-state index contributed by atoms with van der Waals surface area (Å²) in [6.07, 6.45) is -0.441. The van der Waals surface area contributed by atoms with E-state index in [1.165, 1.54) is 4.90 Å². The lowest BCUT2D eigenvalue weighted by atomic mass is 10.0. The summed E-state index contributed by atoms with van der Waals surface area (Å²) in [4.78, 5) is 13.0. The fourth-order valence-corrected chi connectivity index (χ4v) is 2.70. The van der Waals surface area contributed by atoms with Gasteiger partial charge in [-0.2, -0.15) is 0 Å². The molecule has 114 valence electrons. The van der Waals surface area contributed by atoms with E-state index in [1.807, 2.05) is 30.3 Å². The largest absolute Gasteiger partial charge is 0.508 e. The van der Waals surface area contributed by atoms with Crippen LogP contribution in [0, 0.1) is 0 Å². The Bertz CT molecular complexity index is 672. The first kappa shape index (κ1) is 14.3. The van der Waals surface area contributed by atoms with E-state index in [9.17, 15) is 15.0 Å². The molecule has 22 heavy (non-hydrogen) atoms. The quantitative estimate of drug-likeness (QED) is 0.914. The topological polar surface area (TPSA) is 70.0 Å². The number of amides is 1. The van der Waals surface area contributed by atoms with Crippen LogP contribution in [-0.2, 0) is 13.0 Å². The number of carboxylic acid groups (broad SMARTS) is 1. The molecule has 1 aliphatic heterocycles. The number of hydrogen-bond donors (Lipinski definition) is 2. The Morgan fingerprint density at radius 3 is 2.73 bits per heavy atom. The molecule has 1 unspecified atom stereocenters. The van der Waals surface area contributed by atoms with Gasteiger partial charge < -0.3 is 14.9 Å². The normalized spacial score (nSPS) is 16.5. The van der Waals surface area contributed by atoms with Crippen molar-refractivity contribution in [3.63, 3.8) is 0 Å². The van der Waals surface area contributed by atoms with Gasteiger partial charge in [0.2, 0.25) is 0 Å². The van der Waals surface area contributed by atoms with E-state index >= 15 is 0 Å². The van der Waals surface area contributed by atoms with Crippen LogP contribution < -0.4 is 4.74 Å². The van der Waals surface area contributed by atoms with Crippen molar-refractivity contribution < 1.29 is 19.7 Å². The van der Waals surface area contributed by atoms with Crippen LogP contribution >= 0.6 is 0 Å². The minimum absolute atomic E-state index is 0.160. The number of ether oxygens (including phenoxy) is 1. The summed E-state index contributed by atoms with van der Waals surface area (Å²) in [6, 6.07) is 14.1. The second kappa shape index (κ2) is 5.97. The minimum Gasteiger partial charge on any atom is -0.508 e. The number of benzene rings is 2. The van der Waals surface area contributed by atoms with Crippen molar-refractivity contribution in [2.45, 2.75) is 19.0 Å². The summed E-state index contributed by atoms with van der Waals surface area (Å²) in [6.45, 7) is 0.634. The maximum atomic E-state index is 11.6. The van der Waals surface area contributed by atoms with E-state index in [4.69, 9.17) is 4.74 Å². The standard InChI is InChI=1S/C17H17NO4/c19-15-6-7-16-13(9-15)8-14(11-22-16)18(17(20)21)10-12-4-2-1-3-5-12/h1-7,9,14,19H,8,10-11H2,(H,20,21). The number of carbonyl (C=O) groups is 1. The molecule has 0 aromatic heterocycles. The van der Waals surface area contributed by atoms with Crippen LogP contribution in [0.15, 0.2) is 48.5 Å². The zero-order chi connectivity index (χ0) is 15.5. The monoisotopic (exact) mass is 299 g/mol. The van der Waals surface area contributed by atoms with Crippen LogP contribution in [0.3, 0.4) is 0 Å². The molecule has 5 heteroatoms. The summed E-state index contributed by atoms with van der Waals surface area (Å²) in [5.74, 6) is 0.868. The SMILES string of the molecule is O=C(O)N(Cc1ccccc1)C1COc2ccc(O)cc2C1. The van der Waals surface area contributed by atoms with Crippen molar-refractivity contribution in [1.29, 1.82) is 0 Å². The molecule has 0 saturated heterocycles. The van der Waals surface area contributed by atoms with Crippen LogP contribution in [0.2, 0.25) is 0 Å². The number of nitrogens with zero attached hydrogens (tertiary/aromatic N) is 1. The molecule has 2 N–H and O–H groups in total. The van der Waals surface area contributed by atoms with Crippen molar-refractivity contribution >= 4 is 6.09 Å². The second-order valence-electron chi connectivity index (χ2n) is 5.36. The Labute approximate surface area is 128 Å². The minimum atomic E-state index is -0.971. The zero-order valence-electron chi connectivity index (χ0n) is 12.0. The number of fused-ring (bicyclic) bond motifs is 1. The van der Waals surface area contributed by atoms with Gasteiger partial charge in [0, 0.05) is 13.0 Å². The molecule has 0 saturated carbocycles. The van der Waals surface area contributed by atoms with Crippen LogP contribution in [0.1, 0.15) is 11.1 Å². The van der Waals surface area contributed by atoms with Gasteiger partial charge in [-0.05, 0) is 29.3 Å². The molecule has 0 radical (unpaired) electrons. The highest BCUT2D eigenvalue weighted by molar-refractivity contribution is 5.65. The molecule has 0 spiro atoms. The maximum Gasteiger partial charge on any atom is 0.407 e. The van der Waals surface area contributed by atoms with Gasteiger partial charge in [-0.3, -0.25) is 4.90 Å². The smallest absolute Gasteiger partial charge is 0.407 e. The molecule has 1 aliphatic rings. The first-order valence-corrected chi connectivity index (χ1v) is 7.11. The number of aromatic hydroxyl groups is 1. The van der Waals surface area contributed by atoms with E-state index in [0.29, 0.717) is 25.3 Å². The van der Waals surface area contributed by atoms with Gasteiger partial charge in [0.1, 0.15) is 18.1 Å². The van der Waals surface area contributed by atoms with E-state index in [-0.39, 0.29) is 11.8 Å². The molecule has 0 bridgehead atoms.